The van der Waals surface area contributed by atoms with E-state index in [1.807, 2.05) is 0 Å². The van der Waals surface area contributed by atoms with E-state index in [1.54, 1.807) is 0 Å². The number of fused-ring (bicyclic) bond motifs is 4. The monoisotopic (exact) mass is 612 g/mol. The van der Waals surface area contributed by atoms with E-state index in [4.69, 9.17) is 28.8 Å². The Morgan fingerprint density at radius 2 is 0.783 bits per heavy atom. The molecule has 0 amide bonds. The Bertz CT molecular complexity index is 4210. The van der Waals surface area contributed by atoms with E-state index in [1.165, 1.54) is 0 Å². The Balaban J connectivity index is 1.63. The molecule has 0 radical (unpaired) electrons. The maximum absolute atomic E-state index is 10.1. The van der Waals surface area contributed by atoms with Gasteiger partial charge >= 0.3 is 0 Å². The number of hydrogen-bond donors (Lipinski definition) is 0. The average molecular weight is 613 g/mol. The second-order valence-electron chi connectivity index (χ2n) is 9.75. The van der Waals surface area contributed by atoms with Crippen LogP contribution in [0.15, 0.2) is 181 Å². The molecule has 9 rings (SSSR count). The molecule has 0 aliphatic rings. The van der Waals surface area contributed by atoms with E-state index < -0.39 is 269 Å². The summed E-state index contributed by atoms with van der Waals surface area (Å²) in [6.07, 6.45) is 0. The van der Waals surface area contributed by atoms with Gasteiger partial charge in [-0.2, -0.15) is 0 Å². The van der Waals surface area contributed by atoms with Crippen molar-refractivity contribution in [1.82, 2.24) is 0 Å². The fourth-order valence-corrected chi connectivity index (χ4v) is 5.19. The summed E-state index contributed by atoms with van der Waals surface area (Å²) in [6.45, 7) is 0. The van der Waals surface area contributed by atoms with Crippen LogP contribution in [-0.4, -0.2) is 0 Å². The third-order valence-electron chi connectivity index (χ3n) is 7.19. The summed E-state index contributed by atoms with van der Waals surface area (Å²) in [5, 5.41) is -5.96. The van der Waals surface area contributed by atoms with E-state index in [-0.39, 0.29) is 0 Å². The lowest BCUT2D eigenvalue weighted by molar-refractivity contribution is 1.62. The molecule has 46 heavy (non-hydrogen) atoms. The molecular formula is C46H30. The first-order valence-electron chi connectivity index (χ1n) is 28.5. The first kappa shape index (κ1) is 10.0. The van der Waals surface area contributed by atoms with E-state index in [0.717, 1.165) is 0 Å². The molecular weight excluding hydrogens is 553 g/mol. The van der Waals surface area contributed by atoms with Crippen molar-refractivity contribution in [1.29, 1.82) is 0 Å². The van der Waals surface area contributed by atoms with Crippen LogP contribution in [0.1, 0.15) is 41.1 Å². The summed E-state index contributed by atoms with van der Waals surface area (Å²) >= 11 is 0. The van der Waals surface area contributed by atoms with Gasteiger partial charge in [-0.3, -0.25) is 0 Å². The molecule has 0 aliphatic carbocycles. The fourth-order valence-electron chi connectivity index (χ4n) is 5.19. The fraction of sp³-hybridized carbons (Fsp3) is 0. The van der Waals surface area contributed by atoms with Crippen LogP contribution in [0.4, 0.5) is 0 Å². The van der Waals surface area contributed by atoms with E-state index in [2.05, 4.69) is 0 Å². The van der Waals surface area contributed by atoms with Gasteiger partial charge in [0.15, 0.2) is 0 Å². The Kier molecular flexibility index (Phi) is 2.37. The van der Waals surface area contributed by atoms with Crippen LogP contribution >= 0.6 is 0 Å². The maximum Gasteiger partial charge on any atom is 0.0636 e. The Morgan fingerprint density at radius 1 is 0.261 bits per heavy atom. The standard InChI is InChI=1S/C46H30/c1-2-13-34(14-3-1)45-41-18-8-9-19-42(41)46(35-24-21-32(22-25-35)37-26-23-31-11-4-5-15-36(31)29-37)44-30-38(27-28-43(44)45)40-20-10-16-33-12-6-7-17-39(33)40/h1-30H/i1D,2D,3D,4D,5D,6D,7D,8D,9D,10D,11D,12D,13D,14D,15D,16D,17D,18D,19D,20D,21D,22D,23D,24D,25D,26D,27D,28D,29D,30D. The summed E-state index contributed by atoms with van der Waals surface area (Å²) < 4.78 is 270. The smallest absolute Gasteiger partial charge is 0.0622 e. The van der Waals surface area contributed by atoms with Crippen LogP contribution in [0.3, 0.4) is 0 Å². The highest BCUT2D eigenvalue weighted by Gasteiger charge is 2.18. The van der Waals surface area contributed by atoms with Crippen molar-refractivity contribution in [3.63, 3.8) is 0 Å². The molecule has 0 aromatic heterocycles. The van der Waals surface area contributed by atoms with Crippen molar-refractivity contribution in [3.05, 3.63) is 181 Å². The summed E-state index contributed by atoms with van der Waals surface area (Å²) in [6, 6.07) is -29.9. The Labute approximate surface area is 311 Å². The van der Waals surface area contributed by atoms with E-state index >= 15 is 0 Å². The van der Waals surface area contributed by atoms with Crippen molar-refractivity contribution in [2.75, 3.05) is 0 Å². The molecule has 0 fully saturated rings. The molecule has 0 heterocycles. The van der Waals surface area contributed by atoms with Gasteiger partial charge in [-0.15, -0.1) is 0 Å². The quantitative estimate of drug-likeness (QED) is 0.173. The number of hydrogen-bond acceptors (Lipinski definition) is 0. The third kappa shape index (κ3) is 4.38. The summed E-state index contributed by atoms with van der Waals surface area (Å²) in [5.74, 6) is 0. The molecule has 0 heteroatoms. The predicted octanol–water partition coefficient (Wildman–Crippen LogP) is 13.0. The van der Waals surface area contributed by atoms with Gasteiger partial charge in [-0.05, 0) is 99.7 Å². The lowest BCUT2D eigenvalue weighted by Gasteiger charge is -2.19. The molecule has 0 bridgehead atoms. The molecule has 0 atom stereocenters. The second-order valence-corrected chi connectivity index (χ2v) is 9.75. The zero-order valence-electron chi connectivity index (χ0n) is 53.0. The number of rotatable bonds is 4. The molecule has 214 valence electrons. The second kappa shape index (κ2) is 10.9. The lowest BCUT2D eigenvalue weighted by atomic mass is 9.84. The molecule has 0 unspecified atom stereocenters. The summed E-state index contributed by atoms with van der Waals surface area (Å²) in [5.41, 5.74) is -6.97. The SMILES string of the molecule is [2H]c1c([2H])c([2H])c(-c2c3c([2H])c([2H])c([2H])c([2H])c3c(-c3c([2H])c([2H])c(-c4c([2H])c([2H])c5c([2H])c([2H])c([2H])c([2H])c5c4[2H])c([2H])c3[2H])c3c([2H])c(-c4c([2H])c([2H])c([2H])c5c([2H])c([2H])c([2H])c([2H])c45)c([2H])c([2H])c23)c([2H])c1[2H]. The van der Waals surface area contributed by atoms with Crippen molar-refractivity contribution in [2.24, 2.45) is 0 Å². The average Bonchev–Trinajstić information content (AvgIpc) is 3.39. The molecule has 0 saturated heterocycles. The largest absolute Gasteiger partial charge is 0.0636 e. The van der Waals surface area contributed by atoms with Gasteiger partial charge in [0.1, 0.15) is 0 Å². The lowest BCUT2D eigenvalue weighted by Crippen LogP contribution is -1.92. The predicted molar refractivity (Wildman–Crippen MR) is 198 cm³/mol. The van der Waals surface area contributed by atoms with Crippen molar-refractivity contribution < 1.29 is 41.1 Å². The van der Waals surface area contributed by atoms with Gasteiger partial charge in [0.05, 0.1) is 41.1 Å². The molecule has 9 aromatic carbocycles. The maximum atomic E-state index is 10.1. The Morgan fingerprint density at radius 3 is 1.57 bits per heavy atom. The highest BCUT2D eigenvalue weighted by molar-refractivity contribution is 6.22. The highest BCUT2D eigenvalue weighted by atomic mass is 14.2. The van der Waals surface area contributed by atoms with Gasteiger partial charge in [0, 0.05) is 0 Å². The van der Waals surface area contributed by atoms with Crippen LogP contribution in [0.25, 0.3) is 87.6 Å². The van der Waals surface area contributed by atoms with E-state index in [0.29, 0.717) is 0 Å². The molecule has 9 aromatic rings. The molecule has 0 aliphatic heterocycles. The molecule has 0 spiro atoms. The summed E-state index contributed by atoms with van der Waals surface area (Å²) in [7, 11) is 0. The van der Waals surface area contributed by atoms with Crippen LogP contribution in [0.5, 0.6) is 0 Å². The minimum atomic E-state index is -1.18. The molecule has 0 N–H and O–H groups in total. The minimum Gasteiger partial charge on any atom is -0.0622 e. The van der Waals surface area contributed by atoms with E-state index in [9.17, 15) is 12.3 Å². The van der Waals surface area contributed by atoms with Crippen LogP contribution in [-0.2, 0) is 0 Å². The van der Waals surface area contributed by atoms with Gasteiger partial charge < -0.3 is 0 Å². The topological polar surface area (TPSA) is 0 Å². The van der Waals surface area contributed by atoms with Crippen molar-refractivity contribution >= 4 is 43.1 Å². The number of benzene rings is 9. The first-order chi connectivity index (χ1) is 35.3. The minimum absolute atomic E-state index is 0.573. The third-order valence-corrected chi connectivity index (χ3v) is 7.19. The first-order valence-corrected chi connectivity index (χ1v) is 13.5. The van der Waals surface area contributed by atoms with Gasteiger partial charge in [-0.25, -0.2) is 0 Å². The Hall–Kier alpha value is -5.98. The van der Waals surface area contributed by atoms with Crippen LogP contribution in [0, 0.1) is 0 Å². The molecule has 0 nitrogen and oxygen atoms in total. The molecule has 0 saturated carbocycles. The van der Waals surface area contributed by atoms with Crippen LogP contribution in [0.2, 0.25) is 0 Å². The zero-order valence-corrected chi connectivity index (χ0v) is 23.0. The van der Waals surface area contributed by atoms with Crippen molar-refractivity contribution in [2.45, 2.75) is 0 Å². The summed E-state index contributed by atoms with van der Waals surface area (Å²) in [4.78, 5) is 0. The van der Waals surface area contributed by atoms with Crippen molar-refractivity contribution in [3.8, 4) is 44.5 Å². The van der Waals surface area contributed by atoms with Crippen LogP contribution < -0.4 is 0 Å². The van der Waals surface area contributed by atoms with Gasteiger partial charge in [0.25, 0.3) is 0 Å². The van der Waals surface area contributed by atoms with Gasteiger partial charge in [-0.1, -0.05) is 169 Å². The van der Waals surface area contributed by atoms with Gasteiger partial charge in [0.2, 0.25) is 0 Å². The zero-order chi connectivity index (χ0) is 56.6. The normalized spacial score (nSPS) is 20.6. The highest BCUT2D eigenvalue weighted by Crippen LogP contribution is 2.45.